The highest BCUT2D eigenvalue weighted by Crippen LogP contribution is 2.09. The van der Waals surface area contributed by atoms with Crippen molar-refractivity contribution in [2.24, 2.45) is 10.7 Å². The van der Waals surface area contributed by atoms with Crippen molar-refractivity contribution in [3.63, 3.8) is 0 Å². The van der Waals surface area contributed by atoms with E-state index < -0.39 is 0 Å². The Morgan fingerprint density at radius 1 is 1.26 bits per heavy atom. The molecule has 0 saturated heterocycles. The SMILES string of the molecule is Cc1ccc(NC(N)=NCCc2cccs2)cc1.I. The third kappa shape index (κ3) is 5.61. The molecule has 1 aromatic carbocycles. The van der Waals surface area contributed by atoms with E-state index in [1.54, 1.807) is 11.3 Å². The van der Waals surface area contributed by atoms with Gasteiger partial charge in [-0.15, -0.1) is 35.3 Å². The quantitative estimate of drug-likeness (QED) is 0.478. The van der Waals surface area contributed by atoms with Gasteiger partial charge in [-0.2, -0.15) is 0 Å². The van der Waals surface area contributed by atoms with Crippen LogP contribution in [0, 0.1) is 6.92 Å². The molecule has 1 heterocycles. The zero-order valence-corrected chi connectivity index (χ0v) is 13.9. The van der Waals surface area contributed by atoms with E-state index >= 15 is 0 Å². The van der Waals surface area contributed by atoms with Gasteiger partial charge in [-0.3, -0.25) is 4.99 Å². The van der Waals surface area contributed by atoms with Gasteiger partial charge in [0.15, 0.2) is 5.96 Å². The van der Waals surface area contributed by atoms with Crippen molar-refractivity contribution in [3.05, 3.63) is 52.2 Å². The fourth-order valence-electron chi connectivity index (χ4n) is 1.57. The zero-order chi connectivity index (χ0) is 12.8. The van der Waals surface area contributed by atoms with Gasteiger partial charge in [0.05, 0.1) is 0 Å². The van der Waals surface area contributed by atoms with Gasteiger partial charge in [-0.05, 0) is 30.5 Å². The van der Waals surface area contributed by atoms with Crippen LogP contribution in [0.15, 0.2) is 46.8 Å². The lowest BCUT2D eigenvalue weighted by Gasteiger charge is -2.05. The molecule has 102 valence electrons. The van der Waals surface area contributed by atoms with E-state index in [4.69, 9.17) is 5.73 Å². The topological polar surface area (TPSA) is 50.4 Å². The molecule has 0 saturated carbocycles. The van der Waals surface area contributed by atoms with Crippen molar-refractivity contribution in [2.45, 2.75) is 13.3 Å². The average Bonchev–Trinajstić information content (AvgIpc) is 2.85. The van der Waals surface area contributed by atoms with Crippen molar-refractivity contribution in [3.8, 4) is 0 Å². The number of halogens is 1. The first-order chi connectivity index (χ1) is 8.74. The maximum Gasteiger partial charge on any atom is 0.193 e. The van der Waals surface area contributed by atoms with E-state index in [0.29, 0.717) is 12.5 Å². The molecule has 0 fully saturated rings. The van der Waals surface area contributed by atoms with E-state index in [-0.39, 0.29) is 24.0 Å². The Balaban J connectivity index is 0.00000180. The summed E-state index contributed by atoms with van der Waals surface area (Å²) in [6.45, 7) is 2.77. The first-order valence-corrected chi connectivity index (χ1v) is 6.78. The number of rotatable bonds is 4. The molecule has 0 aliphatic carbocycles. The van der Waals surface area contributed by atoms with Gasteiger partial charge < -0.3 is 11.1 Å². The van der Waals surface area contributed by atoms with Gasteiger partial charge >= 0.3 is 0 Å². The Labute approximate surface area is 135 Å². The van der Waals surface area contributed by atoms with E-state index in [2.05, 4.69) is 34.7 Å². The predicted molar refractivity (Wildman–Crippen MR) is 94.7 cm³/mol. The largest absolute Gasteiger partial charge is 0.370 e. The van der Waals surface area contributed by atoms with Gasteiger partial charge in [-0.1, -0.05) is 23.8 Å². The lowest BCUT2D eigenvalue weighted by Crippen LogP contribution is -2.23. The van der Waals surface area contributed by atoms with Crippen molar-refractivity contribution >= 4 is 47.0 Å². The second-order valence-electron chi connectivity index (χ2n) is 4.09. The van der Waals surface area contributed by atoms with Gasteiger partial charge in [0.1, 0.15) is 0 Å². The van der Waals surface area contributed by atoms with E-state index in [9.17, 15) is 0 Å². The van der Waals surface area contributed by atoms with Crippen LogP contribution in [0.25, 0.3) is 0 Å². The minimum atomic E-state index is 0. The van der Waals surface area contributed by atoms with Crippen molar-refractivity contribution < 1.29 is 0 Å². The number of guanidine groups is 1. The summed E-state index contributed by atoms with van der Waals surface area (Å²) in [6.07, 6.45) is 0.938. The predicted octanol–water partition coefficient (Wildman–Crippen LogP) is 3.64. The molecular formula is C14H18IN3S. The maximum absolute atomic E-state index is 5.83. The van der Waals surface area contributed by atoms with E-state index in [0.717, 1.165) is 12.1 Å². The van der Waals surface area contributed by atoms with Crippen LogP contribution in [0.1, 0.15) is 10.4 Å². The smallest absolute Gasteiger partial charge is 0.193 e. The van der Waals surface area contributed by atoms with Crippen LogP contribution in [0.3, 0.4) is 0 Å². The molecule has 0 atom stereocenters. The van der Waals surface area contributed by atoms with Crippen molar-refractivity contribution in [1.82, 2.24) is 0 Å². The lowest BCUT2D eigenvalue weighted by atomic mass is 10.2. The summed E-state index contributed by atoms with van der Waals surface area (Å²) < 4.78 is 0. The van der Waals surface area contributed by atoms with E-state index in [1.165, 1.54) is 10.4 Å². The normalized spacial score (nSPS) is 10.9. The molecule has 0 radical (unpaired) electrons. The first kappa shape index (κ1) is 16.0. The highest BCUT2D eigenvalue weighted by atomic mass is 127. The number of anilines is 1. The third-order valence-electron chi connectivity index (χ3n) is 2.54. The molecule has 2 rings (SSSR count). The molecule has 3 nitrogen and oxygen atoms in total. The van der Waals surface area contributed by atoms with Crippen molar-refractivity contribution in [2.75, 3.05) is 11.9 Å². The summed E-state index contributed by atoms with van der Waals surface area (Å²) in [5.74, 6) is 0.468. The number of nitrogens with zero attached hydrogens (tertiary/aromatic N) is 1. The Morgan fingerprint density at radius 3 is 2.63 bits per heavy atom. The fourth-order valence-corrected chi connectivity index (χ4v) is 2.26. The molecule has 0 aliphatic rings. The average molecular weight is 387 g/mol. The van der Waals surface area contributed by atoms with Crippen LogP contribution in [0.4, 0.5) is 5.69 Å². The molecule has 0 bridgehead atoms. The maximum atomic E-state index is 5.83. The first-order valence-electron chi connectivity index (χ1n) is 5.90. The summed E-state index contributed by atoms with van der Waals surface area (Å²) in [4.78, 5) is 5.64. The molecule has 1 aromatic heterocycles. The molecule has 2 aromatic rings. The number of hydrogen-bond donors (Lipinski definition) is 2. The molecular weight excluding hydrogens is 369 g/mol. The molecule has 19 heavy (non-hydrogen) atoms. The van der Waals surface area contributed by atoms with Gasteiger partial charge in [0, 0.05) is 23.5 Å². The standard InChI is InChI=1S/C14H17N3S.HI/c1-11-4-6-12(7-5-11)17-14(15)16-9-8-13-3-2-10-18-13;/h2-7,10H,8-9H2,1H3,(H3,15,16,17);1H. The van der Waals surface area contributed by atoms with E-state index in [1.807, 2.05) is 24.3 Å². The minimum Gasteiger partial charge on any atom is -0.370 e. The number of hydrogen-bond acceptors (Lipinski definition) is 2. The van der Waals surface area contributed by atoms with Crippen LogP contribution in [0.2, 0.25) is 0 Å². The second-order valence-corrected chi connectivity index (χ2v) is 5.12. The Hall–Kier alpha value is -1.08. The monoisotopic (exact) mass is 387 g/mol. The molecule has 0 amide bonds. The number of nitrogens with two attached hydrogens (primary N) is 1. The zero-order valence-electron chi connectivity index (χ0n) is 10.8. The molecule has 5 heteroatoms. The lowest BCUT2D eigenvalue weighted by molar-refractivity contribution is 0.983. The third-order valence-corrected chi connectivity index (χ3v) is 3.48. The summed E-state index contributed by atoms with van der Waals surface area (Å²) in [7, 11) is 0. The van der Waals surface area contributed by atoms with Crippen LogP contribution < -0.4 is 11.1 Å². The van der Waals surface area contributed by atoms with Crippen LogP contribution >= 0.6 is 35.3 Å². The molecule has 0 aliphatic heterocycles. The molecule has 0 spiro atoms. The number of aliphatic imine (C=N–C) groups is 1. The minimum absolute atomic E-state index is 0. The summed E-state index contributed by atoms with van der Waals surface area (Å²) in [6, 6.07) is 12.2. The van der Waals surface area contributed by atoms with Gasteiger partial charge in [0.25, 0.3) is 0 Å². The van der Waals surface area contributed by atoms with Crippen LogP contribution in [0.5, 0.6) is 0 Å². The Morgan fingerprint density at radius 2 is 2.00 bits per heavy atom. The number of thiophene rings is 1. The number of nitrogens with one attached hydrogen (secondary N) is 1. The summed E-state index contributed by atoms with van der Waals surface area (Å²) in [5, 5.41) is 5.16. The fraction of sp³-hybridized carbons (Fsp3) is 0.214. The molecule has 3 N–H and O–H groups in total. The van der Waals surface area contributed by atoms with Crippen molar-refractivity contribution in [1.29, 1.82) is 0 Å². The van der Waals surface area contributed by atoms with Crippen LogP contribution in [-0.4, -0.2) is 12.5 Å². The Kier molecular flexibility index (Phi) is 6.86. The Bertz CT molecular complexity index is 506. The van der Waals surface area contributed by atoms with Gasteiger partial charge in [-0.25, -0.2) is 0 Å². The number of aryl methyl sites for hydroxylation is 1. The number of benzene rings is 1. The summed E-state index contributed by atoms with van der Waals surface area (Å²) in [5.41, 5.74) is 8.03. The van der Waals surface area contributed by atoms with Crippen LogP contribution in [-0.2, 0) is 6.42 Å². The second kappa shape index (κ2) is 8.16. The highest BCUT2D eigenvalue weighted by molar-refractivity contribution is 14.0. The van der Waals surface area contributed by atoms with Gasteiger partial charge in [0.2, 0.25) is 0 Å². The summed E-state index contributed by atoms with van der Waals surface area (Å²) >= 11 is 1.75. The molecule has 0 unspecified atom stereocenters. The highest BCUT2D eigenvalue weighted by Gasteiger charge is 1.96.